The van der Waals surface area contributed by atoms with Gasteiger partial charge in [0.2, 0.25) is 0 Å². The number of fused-ring (bicyclic) bond motifs is 3. The summed E-state index contributed by atoms with van der Waals surface area (Å²) < 4.78 is 16.7. The number of allylic oxidation sites excluding steroid dienone is 2. The van der Waals surface area contributed by atoms with Crippen LogP contribution in [0.1, 0.15) is 60.2 Å². The number of benzene rings is 3. The molecule has 1 aliphatic carbocycles. The van der Waals surface area contributed by atoms with Crippen molar-refractivity contribution in [1.29, 1.82) is 0 Å². The smallest absolute Gasteiger partial charge is 0.508 e. The van der Waals surface area contributed by atoms with E-state index in [9.17, 15) is 5.11 Å². The Bertz CT molecular complexity index is 1750. The van der Waals surface area contributed by atoms with Crippen LogP contribution in [-0.2, 0) is 19.3 Å². The van der Waals surface area contributed by atoms with Crippen molar-refractivity contribution in [2.24, 2.45) is 0 Å². The number of nitrogens with one attached hydrogen (secondary N) is 1. The van der Waals surface area contributed by atoms with E-state index < -0.39 is 0 Å². The fraction of sp³-hybridized carbons (Fsp3) is 0.206. The van der Waals surface area contributed by atoms with E-state index in [1.165, 1.54) is 23.3 Å². The third kappa shape index (κ3) is 4.85. The number of aromatic amines is 1. The van der Waals surface area contributed by atoms with E-state index >= 15 is 4.32 Å². The van der Waals surface area contributed by atoms with Crippen LogP contribution in [0.15, 0.2) is 84.1 Å². The lowest BCUT2D eigenvalue weighted by molar-refractivity contribution is -0.317. The fourth-order valence-corrected chi connectivity index (χ4v) is 6.89. The van der Waals surface area contributed by atoms with Gasteiger partial charge in [-0.15, -0.1) is 0 Å². The fourth-order valence-electron chi connectivity index (χ4n) is 6.23. The third-order valence-corrected chi connectivity index (χ3v) is 8.72. The van der Waals surface area contributed by atoms with Crippen molar-refractivity contribution >= 4 is 42.2 Å². The van der Waals surface area contributed by atoms with Crippen LogP contribution in [0, 0.1) is 0 Å². The number of aromatic nitrogens is 1. The zero-order valence-corrected chi connectivity index (χ0v) is 24.6. The minimum atomic E-state index is -0.0291. The number of H-pyrrole nitrogens is 1. The van der Waals surface area contributed by atoms with Gasteiger partial charge in [0.15, 0.2) is 11.4 Å². The Hall–Kier alpha value is -3.54. The number of rotatable bonds is 6. The first kappa shape index (κ1) is 27.6. The first-order chi connectivity index (χ1) is 19.9. The first-order valence-electron chi connectivity index (χ1n) is 14.1. The minimum Gasteiger partial charge on any atom is -0.508 e. The maximum atomic E-state index is 15.1. The highest BCUT2D eigenvalue weighted by Crippen LogP contribution is 2.43. The van der Waals surface area contributed by atoms with Crippen LogP contribution >= 0.6 is 23.2 Å². The lowest BCUT2D eigenvalue weighted by Crippen LogP contribution is -2.21. The van der Waals surface area contributed by atoms with Crippen LogP contribution in [0.25, 0.3) is 16.8 Å². The standard InChI is InChI=1S/C34H30BCl2FN2O/c1-3-20-10-5-7-14-25(20)33-21(4-2)16-29(39-33)32(31-27(36)18-24(41)19-28(31)37)30-17-23-13-9-12-22-11-6-8-15-26(22)34(23)40(30)35-38/h5-8,10-11,14-19,39,41H,3-4,9,12-13H2,1-2H3/q+1. The maximum Gasteiger partial charge on any atom is 0.792 e. The summed E-state index contributed by atoms with van der Waals surface area (Å²) in [5, 5.41) is 10.8. The van der Waals surface area contributed by atoms with Crippen LogP contribution in [-0.4, -0.2) is 28.0 Å². The van der Waals surface area contributed by atoms with E-state index in [0.717, 1.165) is 71.5 Å². The van der Waals surface area contributed by atoms with Gasteiger partial charge in [-0.2, -0.15) is 0 Å². The molecule has 1 aromatic heterocycles. The average molecular weight is 583 g/mol. The second-order valence-corrected chi connectivity index (χ2v) is 11.3. The van der Waals surface area contributed by atoms with Gasteiger partial charge in [-0.3, -0.25) is 0 Å². The van der Waals surface area contributed by atoms with Crippen molar-refractivity contribution in [2.45, 2.75) is 46.0 Å². The largest absolute Gasteiger partial charge is 0.792 e. The van der Waals surface area contributed by atoms with Gasteiger partial charge in [-0.25, -0.2) is 8.80 Å². The first-order valence-corrected chi connectivity index (χ1v) is 14.8. The average Bonchev–Trinajstić information content (AvgIpc) is 3.51. The van der Waals surface area contributed by atoms with Gasteiger partial charge in [0.05, 0.1) is 21.3 Å². The Labute approximate surface area is 251 Å². The highest BCUT2D eigenvalue weighted by atomic mass is 35.5. The topological polar surface area (TPSA) is 39.0 Å². The second kappa shape index (κ2) is 11.4. The SMILES string of the molecule is CCc1ccccc1-c1[nH]c(/C(=C2/C=C3CCCc4ccccc4C3=[N+]2[B]F)c2c(Cl)cc(O)cc2Cl)cc1CC. The zero-order chi connectivity index (χ0) is 28.7. The van der Waals surface area contributed by atoms with Crippen LogP contribution in [0.5, 0.6) is 5.75 Å². The lowest BCUT2D eigenvalue weighted by atomic mass is 9.97. The summed E-state index contributed by atoms with van der Waals surface area (Å²) in [4.78, 5) is 3.69. The number of phenols is 1. The van der Waals surface area contributed by atoms with Crippen molar-refractivity contribution < 1.29 is 13.9 Å². The number of hydrogen-bond donors (Lipinski definition) is 2. The molecule has 2 N–H and O–H groups in total. The van der Waals surface area contributed by atoms with Crippen molar-refractivity contribution in [3.8, 4) is 17.0 Å². The number of aromatic hydroxyl groups is 1. The number of nitrogens with zero attached hydrogens (tertiary/aromatic N) is 1. The molecule has 205 valence electrons. The van der Waals surface area contributed by atoms with Crippen LogP contribution in [0.2, 0.25) is 10.0 Å². The monoisotopic (exact) mass is 582 g/mol. The number of phenolic OH excluding ortho intramolecular Hbond substituents is 1. The molecule has 6 rings (SSSR count). The van der Waals surface area contributed by atoms with Gasteiger partial charge in [-0.1, -0.05) is 79.5 Å². The van der Waals surface area contributed by atoms with Gasteiger partial charge < -0.3 is 10.1 Å². The second-order valence-electron chi connectivity index (χ2n) is 10.5. The van der Waals surface area contributed by atoms with Gasteiger partial charge in [0, 0.05) is 34.0 Å². The number of halogens is 3. The molecular formula is C34H30BCl2FN2O+. The third-order valence-electron chi connectivity index (χ3n) is 8.13. The van der Waals surface area contributed by atoms with E-state index in [1.54, 1.807) is 4.49 Å². The Kier molecular flexibility index (Phi) is 7.67. The number of hydrogen-bond acceptors (Lipinski definition) is 1. The van der Waals surface area contributed by atoms with Crippen LogP contribution < -0.4 is 0 Å². The summed E-state index contributed by atoms with van der Waals surface area (Å²) in [6, 6.07) is 21.7. The molecule has 0 amide bonds. The quantitative estimate of drug-likeness (QED) is 0.219. The van der Waals surface area contributed by atoms with Crippen molar-refractivity contribution in [3.63, 3.8) is 0 Å². The van der Waals surface area contributed by atoms with Crippen molar-refractivity contribution in [1.82, 2.24) is 4.98 Å². The molecule has 0 saturated heterocycles. The number of aryl methyl sites for hydroxylation is 3. The van der Waals surface area contributed by atoms with E-state index in [2.05, 4.69) is 61.3 Å². The predicted octanol–water partition coefficient (Wildman–Crippen LogP) is 8.86. The molecule has 3 aromatic carbocycles. The van der Waals surface area contributed by atoms with Gasteiger partial charge in [0.1, 0.15) is 5.75 Å². The molecule has 0 unspecified atom stereocenters. The van der Waals surface area contributed by atoms with Crippen LogP contribution in [0.3, 0.4) is 0 Å². The van der Waals surface area contributed by atoms with E-state index in [0.29, 0.717) is 24.5 Å². The van der Waals surface area contributed by atoms with E-state index in [-0.39, 0.29) is 15.8 Å². The Morgan fingerprint density at radius 2 is 1.61 bits per heavy atom. The molecule has 1 aliphatic heterocycles. The summed E-state index contributed by atoms with van der Waals surface area (Å²) in [6.07, 6.45) is 6.49. The van der Waals surface area contributed by atoms with Crippen molar-refractivity contribution in [3.05, 3.63) is 128 Å². The Morgan fingerprint density at radius 3 is 2.32 bits per heavy atom. The summed E-state index contributed by atoms with van der Waals surface area (Å²) in [5.74, 6) is -0.0291. The lowest BCUT2D eigenvalue weighted by Gasteiger charge is -2.13. The molecule has 0 bridgehead atoms. The molecule has 0 spiro atoms. The van der Waals surface area contributed by atoms with Gasteiger partial charge in [0.25, 0.3) is 0 Å². The summed E-state index contributed by atoms with van der Waals surface area (Å²) in [5.41, 5.74) is 11.3. The molecule has 2 heterocycles. The van der Waals surface area contributed by atoms with Crippen molar-refractivity contribution in [2.75, 3.05) is 0 Å². The Morgan fingerprint density at radius 1 is 0.927 bits per heavy atom. The summed E-state index contributed by atoms with van der Waals surface area (Å²) in [6.45, 7) is 4.28. The molecule has 0 fully saturated rings. The molecule has 4 aromatic rings. The van der Waals surface area contributed by atoms with Gasteiger partial charge in [-0.05, 0) is 73.1 Å². The zero-order valence-electron chi connectivity index (χ0n) is 23.1. The molecule has 2 aliphatic rings. The molecule has 0 saturated carbocycles. The highest BCUT2D eigenvalue weighted by molar-refractivity contribution is 6.38. The molecular weight excluding hydrogens is 553 g/mol. The molecule has 3 nitrogen and oxygen atoms in total. The highest BCUT2D eigenvalue weighted by Gasteiger charge is 2.39. The molecule has 1 radical (unpaired) electrons. The summed E-state index contributed by atoms with van der Waals surface area (Å²) >= 11 is 13.6. The normalized spacial score (nSPS) is 15.8. The van der Waals surface area contributed by atoms with Gasteiger partial charge >= 0.3 is 7.69 Å². The minimum absolute atomic E-state index is 0.0291. The molecule has 0 atom stereocenters. The molecule has 41 heavy (non-hydrogen) atoms. The summed E-state index contributed by atoms with van der Waals surface area (Å²) in [7, 11) is 0.634. The molecule has 7 heteroatoms. The maximum absolute atomic E-state index is 15.1. The van der Waals surface area contributed by atoms with Crippen LogP contribution in [0.4, 0.5) is 4.32 Å². The Balaban J connectivity index is 1.69. The predicted molar refractivity (Wildman–Crippen MR) is 168 cm³/mol. The van der Waals surface area contributed by atoms with E-state index in [4.69, 9.17) is 23.2 Å². The van der Waals surface area contributed by atoms with E-state index in [1.807, 2.05) is 18.2 Å².